The van der Waals surface area contributed by atoms with E-state index >= 15 is 0 Å². The van der Waals surface area contributed by atoms with E-state index in [9.17, 15) is 13.2 Å². The molecule has 1 fully saturated rings. The topological polar surface area (TPSA) is 69.7 Å². The highest BCUT2D eigenvalue weighted by Gasteiger charge is 2.28. The van der Waals surface area contributed by atoms with Crippen LogP contribution in [-0.4, -0.2) is 62.8 Å². The van der Waals surface area contributed by atoms with Crippen LogP contribution in [0.25, 0.3) is 0 Å². The summed E-state index contributed by atoms with van der Waals surface area (Å²) in [5.41, 5.74) is 0.482. The SMILES string of the molecule is CCN(CC)CCNC(=O)c1ccc(S(=O)(=O)N2CCC[C@H](C)C2)cc1. The van der Waals surface area contributed by atoms with Gasteiger partial charge in [0.25, 0.3) is 5.91 Å². The monoisotopic (exact) mass is 381 g/mol. The molecule has 0 aromatic heterocycles. The second-order valence-corrected chi connectivity index (χ2v) is 8.86. The molecule has 1 atom stereocenters. The van der Waals surface area contributed by atoms with Gasteiger partial charge in [0.2, 0.25) is 10.0 Å². The molecule has 1 amide bonds. The minimum Gasteiger partial charge on any atom is -0.351 e. The van der Waals surface area contributed by atoms with Gasteiger partial charge in [-0.15, -0.1) is 0 Å². The second kappa shape index (κ2) is 9.48. The first-order chi connectivity index (χ1) is 12.4. The molecule has 6 nitrogen and oxygen atoms in total. The van der Waals surface area contributed by atoms with Gasteiger partial charge >= 0.3 is 0 Å². The van der Waals surface area contributed by atoms with Crippen LogP contribution >= 0.6 is 0 Å². The third-order valence-corrected chi connectivity index (χ3v) is 6.86. The highest BCUT2D eigenvalue weighted by atomic mass is 32.2. The Hall–Kier alpha value is -1.44. The van der Waals surface area contributed by atoms with Crippen molar-refractivity contribution in [1.82, 2.24) is 14.5 Å². The Morgan fingerprint density at radius 2 is 1.88 bits per heavy atom. The lowest BCUT2D eigenvalue weighted by Gasteiger charge is -2.30. The molecule has 0 aliphatic carbocycles. The van der Waals surface area contributed by atoms with Gasteiger partial charge in [0.1, 0.15) is 0 Å². The Bertz CT molecular complexity index is 684. The number of nitrogens with zero attached hydrogens (tertiary/aromatic N) is 2. The van der Waals surface area contributed by atoms with Crippen molar-refractivity contribution in [2.45, 2.75) is 38.5 Å². The fraction of sp³-hybridized carbons (Fsp3) is 0.632. The molecule has 1 aliphatic heterocycles. The van der Waals surface area contributed by atoms with Crippen molar-refractivity contribution in [3.05, 3.63) is 29.8 Å². The molecule has 2 rings (SSSR count). The van der Waals surface area contributed by atoms with E-state index in [1.807, 2.05) is 0 Å². The zero-order chi connectivity index (χ0) is 19.2. The molecular weight excluding hydrogens is 350 g/mol. The van der Waals surface area contributed by atoms with E-state index in [1.165, 1.54) is 12.1 Å². The number of hydrogen-bond acceptors (Lipinski definition) is 4. The summed E-state index contributed by atoms with van der Waals surface area (Å²) in [6, 6.07) is 6.25. The lowest BCUT2D eigenvalue weighted by atomic mass is 10.0. The number of carbonyl (C=O) groups excluding carboxylic acids is 1. The van der Waals surface area contributed by atoms with Crippen molar-refractivity contribution in [3.8, 4) is 0 Å². The number of piperidine rings is 1. The number of sulfonamides is 1. The van der Waals surface area contributed by atoms with Gasteiger partial charge in [0.05, 0.1) is 4.90 Å². The molecule has 26 heavy (non-hydrogen) atoms. The molecule has 1 aromatic carbocycles. The van der Waals surface area contributed by atoms with Crippen LogP contribution in [0.15, 0.2) is 29.2 Å². The van der Waals surface area contributed by atoms with Crippen LogP contribution in [0, 0.1) is 5.92 Å². The summed E-state index contributed by atoms with van der Waals surface area (Å²) >= 11 is 0. The first-order valence-electron chi connectivity index (χ1n) is 9.49. The first kappa shape index (κ1) is 20.9. The third kappa shape index (κ3) is 5.28. The number of likely N-dealkylation sites (N-methyl/N-ethyl adjacent to an activating group) is 1. The lowest BCUT2D eigenvalue weighted by Crippen LogP contribution is -2.39. The van der Waals surface area contributed by atoms with Gasteiger partial charge in [-0.2, -0.15) is 4.31 Å². The van der Waals surface area contributed by atoms with Crippen molar-refractivity contribution >= 4 is 15.9 Å². The highest BCUT2D eigenvalue weighted by molar-refractivity contribution is 7.89. The van der Waals surface area contributed by atoms with E-state index in [-0.39, 0.29) is 10.8 Å². The molecule has 1 heterocycles. The van der Waals surface area contributed by atoms with Gasteiger partial charge in [0, 0.05) is 31.7 Å². The van der Waals surface area contributed by atoms with Crippen LogP contribution in [0.4, 0.5) is 0 Å². The van der Waals surface area contributed by atoms with Gasteiger partial charge in [-0.25, -0.2) is 8.42 Å². The van der Waals surface area contributed by atoms with E-state index in [4.69, 9.17) is 0 Å². The zero-order valence-electron chi connectivity index (χ0n) is 16.1. The average Bonchev–Trinajstić information content (AvgIpc) is 2.65. The average molecular weight is 382 g/mol. The normalized spacial score (nSPS) is 18.8. The van der Waals surface area contributed by atoms with Gasteiger partial charge < -0.3 is 10.2 Å². The van der Waals surface area contributed by atoms with Crippen LogP contribution in [0.3, 0.4) is 0 Å². The number of nitrogens with one attached hydrogen (secondary N) is 1. The number of hydrogen-bond donors (Lipinski definition) is 1. The molecule has 1 N–H and O–H groups in total. The third-order valence-electron chi connectivity index (χ3n) is 4.98. The highest BCUT2D eigenvalue weighted by Crippen LogP contribution is 2.23. The van der Waals surface area contributed by atoms with Crippen molar-refractivity contribution in [3.63, 3.8) is 0 Å². The summed E-state index contributed by atoms with van der Waals surface area (Å²) in [5.74, 6) is 0.210. The van der Waals surface area contributed by atoms with Crippen molar-refractivity contribution in [2.24, 2.45) is 5.92 Å². The van der Waals surface area contributed by atoms with Crippen LogP contribution in [0.1, 0.15) is 44.0 Å². The van der Waals surface area contributed by atoms with Crippen LogP contribution < -0.4 is 5.32 Å². The van der Waals surface area contributed by atoms with Crippen molar-refractivity contribution < 1.29 is 13.2 Å². The van der Waals surface area contributed by atoms with E-state index < -0.39 is 10.0 Å². The standard InChI is InChI=1S/C19H31N3O3S/c1-4-21(5-2)14-12-20-19(23)17-8-10-18(11-9-17)26(24,25)22-13-6-7-16(3)15-22/h8-11,16H,4-7,12-15H2,1-3H3,(H,20,23)/t16-/m0/s1. The van der Waals surface area contributed by atoms with Crippen molar-refractivity contribution in [2.75, 3.05) is 39.3 Å². The first-order valence-corrected chi connectivity index (χ1v) is 10.9. The Labute approximate surface area is 157 Å². The number of rotatable bonds is 8. The van der Waals surface area contributed by atoms with Gasteiger partial charge in [-0.3, -0.25) is 4.79 Å². The fourth-order valence-corrected chi connectivity index (χ4v) is 4.86. The largest absolute Gasteiger partial charge is 0.351 e. The summed E-state index contributed by atoms with van der Waals surface area (Å²) in [6.45, 7) is 10.7. The molecule has 0 bridgehead atoms. The molecule has 1 aliphatic rings. The van der Waals surface area contributed by atoms with Gasteiger partial charge in [0.15, 0.2) is 0 Å². The summed E-state index contributed by atoms with van der Waals surface area (Å²) in [6.07, 6.45) is 1.96. The van der Waals surface area contributed by atoms with E-state index in [1.54, 1.807) is 16.4 Å². The maximum atomic E-state index is 12.7. The number of benzene rings is 1. The zero-order valence-corrected chi connectivity index (χ0v) is 16.9. The molecule has 0 spiro atoms. The maximum absolute atomic E-state index is 12.7. The smallest absolute Gasteiger partial charge is 0.251 e. The predicted molar refractivity (Wildman–Crippen MR) is 104 cm³/mol. The molecule has 146 valence electrons. The summed E-state index contributed by atoms with van der Waals surface area (Å²) in [4.78, 5) is 14.7. The van der Waals surface area contributed by atoms with Gasteiger partial charge in [-0.1, -0.05) is 20.8 Å². The predicted octanol–water partition coefficient (Wildman–Crippen LogP) is 2.18. The van der Waals surface area contributed by atoms with E-state index in [0.29, 0.717) is 31.1 Å². The number of carbonyl (C=O) groups is 1. The fourth-order valence-electron chi connectivity index (χ4n) is 3.26. The summed E-state index contributed by atoms with van der Waals surface area (Å²) < 4.78 is 27.0. The molecule has 7 heteroatoms. The molecule has 0 saturated carbocycles. The summed E-state index contributed by atoms with van der Waals surface area (Å²) in [5, 5.41) is 2.88. The molecule has 0 radical (unpaired) electrons. The lowest BCUT2D eigenvalue weighted by molar-refractivity contribution is 0.0949. The second-order valence-electron chi connectivity index (χ2n) is 6.92. The molecule has 1 aromatic rings. The van der Waals surface area contributed by atoms with Crippen LogP contribution in [-0.2, 0) is 10.0 Å². The minimum absolute atomic E-state index is 0.173. The van der Waals surface area contributed by atoms with E-state index in [2.05, 4.69) is 31.0 Å². The van der Waals surface area contributed by atoms with Crippen LogP contribution in [0.5, 0.6) is 0 Å². The molecule has 1 saturated heterocycles. The molecular formula is C19H31N3O3S. The van der Waals surface area contributed by atoms with Gasteiger partial charge in [-0.05, 0) is 56.1 Å². The minimum atomic E-state index is -3.48. The Morgan fingerprint density at radius 1 is 1.23 bits per heavy atom. The number of amides is 1. The van der Waals surface area contributed by atoms with Crippen molar-refractivity contribution in [1.29, 1.82) is 0 Å². The van der Waals surface area contributed by atoms with Crippen LogP contribution in [0.2, 0.25) is 0 Å². The summed E-state index contributed by atoms with van der Waals surface area (Å²) in [7, 11) is -3.48. The Morgan fingerprint density at radius 3 is 2.46 bits per heavy atom. The van der Waals surface area contributed by atoms with E-state index in [0.717, 1.165) is 32.5 Å². The maximum Gasteiger partial charge on any atom is 0.251 e. The Balaban J connectivity index is 1.97. The quantitative estimate of drug-likeness (QED) is 0.749. The Kier molecular flexibility index (Phi) is 7.61. The molecule has 0 unspecified atom stereocenters.